The lowest BCUT2D eigenvalue weighted by Gasteiger charge is -2.27. The Morgan fingerprint density at radius 2 is 2.20 bits per heavy atom. The van der Waals surface area contributed by atoms with Crippen molar-refractivity contribution in [3.63, 3.8) is 0 Å². The number of amides is 1. The van der Waals surface area contributed by atoms with Crippen LogP contribution in [0.5, 0.6) is 0 Å². The molecule has 0 bridgehead atoms. The number of carbonyl (C=O) groups is 1. The molecule has 1 heterocycles. The zero-order valence-corrected chi connectivity index (χ0v) is 10.3. The Morgan fingerprint density at radius 1 is 1.60 bits per heavy atom. The van der Waals surface area contributed by atoms with Crippen LogP contribution in [0.15, 0.2) is 0 Å². The molecule has 5 heteroatoms. The van der Waals surface area contributed by atoms with Gasteiger partial charge < -0.3 is 14.7 Å². The van der Waals surface area contributed by atoms with Crippen LogP contribution in [0.2, 0.25) is 0 Å². The lowest BCUT2D eigenvalue weighted by molar-refractivity contribution is 0.0176. The molecular weight excluding hydrogens is 214 g/mol. The summed E-state index contributed by atoms with van der Waals surface area (Å²) in [4.78, 5) is 13.3. The largest absolute Gasteiger partial charge is 0.444 e. The highest BCUT2D eigenvalue weighted by molar-refractivity contribution is 7.81. The third-order valence-corrected chi connectivity index (χ3v) is 2.61. The van der Waals surface area contributed by atoms with Crippen LogP contribution in [0.1, 0.15) is 27.2 Å². The van der Waals surface area contributed by atoms with Gasteiger partial charge in [-0.3, -0.25) is 0 Å². The van der Waals surface area contributed by atoms with E-state index in [1.807, 2.05) is 20.8 Å². The topological polar surface area (TPSA) is 49.8 Å². The molecule has 0 spiro atoms. The lowest BCUT2D eigenvalue weighted by atomic mass is 10.2. The number of likely N-dealkylation sites (tertiary alicyclic amines) is 1. The zero-order valence-electron chi connectivity index (χ0n) is 9.43. The summed E-state index contributed by atoms with van der Waals surface area (Å²) in [5.74, 6) is 0. The van der Waals surface area contributed by atoms with Crippen molar-refractivity contribution in [3.05, 3.63) is 0 Å². The number of nitrogens with zero attached hydrogens (tertiary/aromatic N) is 1. The number of hydrogen-bond donors (Lipinski definition) is 2. The average molecular weight is 233 g/mol. The molecule has 88 valence electrons. The van der Waals surface area contributed by atoms with Crippen LogP contribution in [0.4, 0.5) is 4.79 Å². The van der Waals surface area contributed by atoms with E-state index in [1.54, 1.807) is 4.90 Å². The second-order valence-electron chi connectivity index (χ2n) is 4.86. The molecule has 0 aromatic heterocycles. The standard InChI is InChI=1S/C10H19NO3S/c1-10(2,3)14-9(13)11-5-8(15)4-7(11)6-12/h7-8,12,15H,4-6H2,1-3H3/t7-,8-/m0/s1. The minimum atomic E-state index is -0.494. The Hall–Kier alpha value is -0.420. The van der Waals surface area contributed by atoms with Gasteiger partial charge >= 0.3 is 6.09 Å². The second kappa shape index (κ2) is 4.61. The first-order chi connectivity index (χ1) is 6.83. The quantitative estimate of drug-likeness (QED) is 0.671. The Kier molecular flexibility index (Phi) is 3.89. The van der Waals surface area contributed by atoms with Crippen molar-refractivity contribution in [2.45, 2.75) is 44.1 Å². The van der Waals surface area contributed by atoms with Gasteiger partial charge in [0.05, 0.1) is 12.6 Å². The van der Waals surface area contributed by atoms with Gasteiger partial charge in [-0.15, -0.1) is 0 Å². The highest BCUT2D eigenvalue weighted by Gasteiger charge is 2.35. The first-order valence-corrected chi connectivity index (χ1v) is 5.63. The molecule has 1 amide bonds. The fraction of sp³-hybridized carbons (Fsp3) is 0.900. The van der Waals surface area contributed by atoms with E-state index in [2.05, 4.69) is 12.6 Å². The fourth-order valence-electron chi connectivity index (χ4n) is 1.61. The minimum absolute atomic E-state index is 0.0314. The number of thiol groups is 1. The predicted molar refractivity (Wildman–Crippen MR) is 61.2 cm³/mol. The summed E-state index contributed by atoms with van der Waals surface area (Å²) < 4.78 is 5.24. The van der Waals surface area contributed by atoms with Crippen molar-refractivity contribution >= 4 is 18.7 Å². The maximum absolute atomic E-state index is 11.7. The van der Waals surface area contributed by atoms with Gasteiger partial charge in [-0.1, -0.05) is 0 Å². The Balaban J connectivity index is 2.59. The molecule has 1 saturated heterocycles. The molecule has 0 aliphatic carbocycles. The smallest absolute Gasteiger partial charge is 0.410 e. The van der Waals surface area contributed by atoms with E-state index in [9.17, 15) is 4.79 Å². The molecule has 1 aliphatic rings. The van der Waals surface area contributed by atoms with Crippen molar-refractivity contribution in [2.75, 3.05) is 13.2 Å². The van der Waals surface area contributed by atoms with Gasteiger partial charge in [-0.2, -0.15) is 12.6 Å². The van der Waals surface area contributed by atoms with Crippen molar-refractivity contribution < 1.29 is 14.6 Å². The zero-order chi connectivity index (χ0) is 11.6. The molecular formula is C10H19NO3S. The maximum Gasteiger partial charge on any atom is 0.410 e. The third-order valence-electron chi connectivity index (χ3n) is 2.23. The van der Waals surface area contributed by atoms with Crippen molar-refractivity contribution in [1.82, 2.24) is 4.90 Å². The van der Waals surface area contributed by atoms with Crippen LogP contribution in [0.3, 0.4) is 0 Å². The van der Waals surface area contributed by atoms with E-state index in [4.69, 9.17) is 9.84 Å². The van der Waals surface area contributed by atoms with Gasteiger partial charge in [0.2, 0.25) is 0 Å². The number of ether oxygens (including phenoxy) is 1. The van der Waals surface area contributed by atoms with Crippen LogP contribution >= 0.6 is 12.6 Å². The SMILES string of the molecule is CC(C)(C)OC(=O)N1C[C@@H](S)C[C@H]1CO. The monoisotopic (exact) mass is 233 g/mol. The van der Waals surface area contributed by atoms with E-state index in [0.29, 0.717) is 6.54 Å². The van der Waals surface area contributed by atoms with Crippen LogP contribution in [0.25, 0.3) is 0 Å². The summed E-state index contributed by atoms with van der Waals surface area (Å²) in [6.45, 7) is 5.99. The van der Waals surface area contributed by atoms with E-state index in [0.717, 1.165) is 6.42 Å². The summed E-state index contributed by atoms with van der Waals surface area (Å²) >= 11 is 4.31. The van der Waals surface area contributed by atoms with E-state index in [-0.39, 0.29) is 24.0 Å². The van der Waals surface area contributed by atoms with Crippen LogP contribution in [-0.2, 0) is 4.74 Å². The van der Waals surface area contributed by atoms with Gasteiger partial charge in [0.1, 0.15) is 5.60 Å². The Labute approximate surface area is 96.0 Å². The third kappa shape index (κ3) is 3.57. The molecule has 0 unspecified atom stereocenters. The number of aliphatic hydroxyl groups is 1. The minimum Gasteiger partial charge on any atom is -0.444 e. The van der Waals surface area contributed by atoms with Gasteiger partial charge in [0.15, 0.2) is 0 Å². The van der Waals surface area contributed by atoms with E-state index < -0.39 is 5.60 Å². The predicted octanol–water partition coefficient (Wildman–Crippen LogP) is 1.29. The van der Waals surface area contributed by atoms with Gasteiger partial charge in [0, 0.05) is 11.8 Å². The summed E-state index contributed by atoms with van der Waals surface area (Å²) in [6, 6.07) is -0.151. The molecule has 1 rings (SSSR count). The van der Waals surface area contributed by atoms with Gasteiger partial charge in [-0.25, -0.2) is 4.79 Å². The number of rotatable bonds is 1. The molecule has 1 N–H and O–H groups in total. The summed E-state index contributed by atoms with van der Waals surface area (Å²) in [6.07, 6.45) is 0.358. The Bertz CT molecular complexity index is 239. The number of aliphatic hydroxyl groups excluding tert-OH is 1. The normalized spacial score (nSPS) is 26.9. The van der Waals surface area contributed by atoms with Crippen molar-refractivity contribution in [3.8, 4) is 0 Å². The first kappa shape index (κ1) is 12.6. The molecule has 1 aliphatic heterocycles. The first-order valence-electron chi connectivity index (χ1n) is 5.12. The highest BCUT2D eigenvalue weighted by atomic mass is 32.1. The van der Waals surface area contributed by atoms with E-state index in [1.165, 1.54) is 0 Å². The fourth-order valence-corrected chi connectivity index (χ4v) is 2.03. The van der Waals surface area contributed by atoms with Crippen LogP contribution < -0.4 is 0 Å². The number of carbonyl (C=O) groups excluding carboxylic acids is 1. The Morgan fingerprint density at radius 3 is 2.67 bits per heavy atom. The summed E-state index contributed by atoms with van der Waals surface area (Å²) in [7, 11) is 0. The van der Waals surface area contributed by atoms with Crippen LogP contribution in [-0.4, -0.2) is 46.1 Å². The number of hydrogen-bond acceptors (Lipinski definition) is 4. The van der Waals surface area contributed by atoms with Crippen LogP contribution in [0, 0.1) is 0 Å². The molecule has 1 fully saturated rings. The molecule has 4 nitrogen and oxygen atoms in total. The molecule has 0 saturated carbocycles. The molecule has 0 aromatic rings. The summed E-state index contributed by atoms with van der Waals surface area (Å²) in [5, 5.41) is 9.25. The van der Waals surface area contributed by atoms with Gasteiger partial charge in [0.25, 0.3) is 0 Å². The second-order valence-corrected chi connectivity index (χ2v) is 5.59. The molecule has 0 aromatic carbocycles. The molecule has 15 heavy (non-hydrogen) atoms. The maximum atomic E-state index is 11.7. The van der Waals surface area contributed by atoms with Gasteiger partial charge in [-0.05, 0) is 27.2 Å². The highest BCUT2D eigenvalue weighted by Crippen LogP contribution is 2.23. The lowest BCUT2D eigenvalue weighted by Crippen LogP contribution is -2.41. The van der Waals surface area contributed by atoms with E-state index >= 15 is 0 Å². The average Bonchev–Trinajstić information content (AvgIpc) is 2.43. The summed E-state index contributed by atoms with van der Waals surface area (Å²) in [5.41, 5.74) is -0.494. The van der Waals surface area contributed by atoms with Crippen molar-refractivity contribution in [2.24, 2.45) is 0 Å². The molecule has 0 radical (unpaired) electrons. The molecule has 2 atom stereocenters. The van der Waals surface area contributed by atoms with Crippen molar-refractivity contribution in [1.29, 1.82) is 0 Å².